The van der Waals surface area contributed by atoms with Gasteiger partial charge in [-0.1, -0.05) is 30.3 Å². The number of phenolic OH excluding ortho intramolecular Hbond substituents is 1. The van der Waals surface area contributed by atoms with Crippen LogP contribution < -0.4 is 0 Å². The van der Waals surface area contributed by atoms with E-state index in [-0.39, 0.29) is 11.9 Å². The number of nitrogens with zero attached hydrogens (tertiary/aromatic N) is 2. The highest BCUT2D eigenvalue weighted by Gasteiger charge is 2.28. The summed E-state index contributed by atoms with van der Waals surface area (Å²) in [6.45, 7) is 8.49. The van der Waals surface area contributed by atoms with Crippen molar-refractivity contribution in [1.29, 1.82) is 0 Å². The normalized spacial score (nSPS) is 17.0. The number of benzene rings is 2. The average molecular weight is 379 g/mol. The number of aromatic hydroxyl groups is 1. The fourth-order valence-corrected chi connectivity index (χ4v) is 4.11. The Morgan fingerprint density at radius 2 is 1.82 bits per heavy atom. The van der Waals surface area contributed by atoms with Crippen molar-refractivity contribution in [2.45, 2.75) is 39.7 Å². The van der Waals surface area contributed by atoms with Crippen LogP contribution in [0.3, 0.4) is 0 Å². The molecule has 2 aromatic rings. The third-order valence-corrected chi connectivity index (χ3v) is 5.57. The number of hydrogen-bond donors (Lipinski definition) is 1. The summed E-state index contributed by atoms with van der Waals surface area (Å²) in [5.74, 6) is 0.392. The molecule has 0 saturated carbocycles. The Balaban J connectivity index is 1.84. The molecule has 1 amide bonds. The highest BCUT2D eigenvalue weighted by Crippen LogP contribution is 2.39. The van der Waals surface area contributed by atoms with Gasteiger partial charge in [-0.3, -0.25) is 4.79 Å². The first kappa shape index (κ1) is 20.0. The zero-order valence-electron chi connectivity index (χ0n) is 17.1. The molecule has 148 valence electrons. The molecule has 3 rings (SSSR count). The van der Waals surface area contributed by atoms with Gasteiger partial charge in [-0.05, 0) is 69.0 Å². The molecule has 1 atom stereocenters. The molecular weight excluding hydrogens is 348 g/mol. The van der Waals surface area contributed by atoms with Gasteiger partial charge in [0.05, 0.1) is 6.04 Å². The molecule has 0 bridgehead atoms. The fourth-order valence-electron chi connectivity index (χ4n) is 4.11. The standard InChI is InChI=1S/C24H30N2O2/c1-4-22(18-12-14-19(15-13-18)24(28)25(5-2)6-3)26-16-8-11-23(26)20-9-7-10-21(27)17-20/h4,7,9-10,12-15,17,23,27H,5-6,8,11,16H2,1-3H3/b22-4-. The summed E-state index contributed by atoms with van der Waals surface area (Å²) in [5, 5.41) is 9.87. The molecule has 0 spiro atoms. The highest BCUT2D eigenvalue weighted by molar-refractivity contribution is 5.94. The van der Waals surface area contributed by atoms with Gasteiger partial charge < -0.3 is 14.9 Å². The van der Waals surface area contributed by atoms with Gasteiger partial charge in [-0.2, -0.15) is 0 Å². The third kappa shape index (κ3) is 4.06. The van der Waals surface area contributed by atoms with Gasteiger partial charge in [0, 0.05) is 30.9 Å². The van der Waals surface area contributed by atoms with Crippen molar-refractivity contribution in [2.24, 2.45) is 0 Å². The second kappa shape index (κ2) is 8.96. The monoisotopic (exact) mass is 378 g/mol. The first-order valence-corrected chi connectivity index (χ1v) is 10.2. The Hall–Kier alpha value is -2.75. The van der Waals surface area contributed by atoms with Gasteiger partial charge in [-0.15, -0.1) is 0 Å². The maximum absolute atomic E-state index is 12.6. The molecule has 4 heteroatoms. The van der Waals surface area contributed by atoms with Crippen LogP contribution in [0.25, 0.3) is 5.70 Å². The summed E-state index contributed by atoms with van der Waals surface area (Å²) >= 11 is 0. The molecule has 2 aromatic carbocycles. The largest absolute Gasteiger partial charge is 0.508 e. The van der Waals surface area contributed by atoms with E-state index in [4.69, 9.17) is 0 Å². The summed E-state index contributed by atoms with van der Waals surface area (Å²) in [6, 6.07) is 15.8. The Morgan fingerprint density at radius 1 is 1.14 bits per heavy atom. The van der Waals surface area contributed by atoms with Crippen LogP contribution in [0.2, 0.25) is 0 Å². The van der Waals surface area contributed by atoms with Crippen LogP contribution in [0.4, 0.5) is 0 Å². The molecule has 4 nitrogen and oxygen atoms in total. The number of allylic oxidation sites excluding steroid dienone is 1. The quantitative estimate of drug-likeness (QED) is 0.763. The van der Waals surface area contributed by atoms with E-state index in [2.05, 4.69) is 24.0 Å². The maximum atomic E-state index is 12.6. The SMILES string of the molecule is C/C=C(/c1ccc(C(=O)N(CC)CC)cc1)N1CCCC1c1cccc(O)c1. The van der Waals surface area contributed by atoms with Crippen LogP contribution in [0.15, 0.2) is 54.6 Å². The molecule has 1 unspecified atom stereocenters. The van der Waals surface area contributed by atoms with Crippen molar-refractivity contribution in [2.75, 3.05) is 19.6 Å². The predicted octanol–water partition coefficient (Wildman–Crippen LogP) is 5.07. The van der Waals surface area contributed by atoms with E-state index in [1.54, 1.807) is 6.07 Å². The van der Waals surface area contributed by atoms with Crippen LogP contribution in [0.1, 0.15) is 61.1 Å². The first-order valence-electron chi connectivity index (χ1n) is 10.2. The molecule has 0 aliphatic carbocycles. The summed E-state index contributed by atoms with van der Waals surface area (Å²) in [5.41, 5.74) is 4.16. The van der Waals surface area contributed by atoms with E-state index in [0.29, 0.717) is 5.75 Å². The lowest BCUT2D eigenvalue weighted by atomic mass is 10.0. The van der Waals surface area contributed by atoms with Crippen molar-refractivity contribution in [3.05, 3.63) is 71.3 Å². The Labute approximate surface area is 168 Å². The second-order valence-electron chi connectivity index (χ2n) is 7.18. The molecule has 1 aliphatic heterocycles. The molecule has 1 fully saturated rings. The minimum atomic E-state index is 0.0809. The van der Waals surface area contributed by atoms with Crippen molar-refractivity contribution >= 4 is 11.6 Å². The van der Waals surface area contributed by atoms with Crippen molar-refractivity contribution in [3.63, 3.8) is 0 Å². The number of likely N-dealkylation sites (tertiary alicyclic amines) is 1. The van der Waals surface area contributed by atoms with Gasteiger partial charge in [0.1, 0.15) is 5.75 Å². The average Bonchev–Trinajstić information content (AvgIpc) is 3.19. The minimum absolute atomic E-state index is 0.0809. The van der Waals surface area contributed by atoms with Gasteiger partial charge >= 0.3 is 0 Å². The second-order valence-corrected chi connectivity index (χ2v) is 7.18. The first-order chi connectivity index (χ1) is 13.6. The van der Waals surface area contributed by atoms with Crippen LogP contribution >= 0.6 is 0 Å². The van der Waals surface area contributed by atoms with Gasteiger partial charge in [0.25, 0.3) is 5.91 Å². The number of carbonyl (C=O) groups excluding carboxylic acids is 1. The zero-order chi connectivity index (χ0) is 20.1. The molecule has 1 saturated heterocycles. The van der Waals surface area contributed by atoms with Crippen molar-refractivity contribution in [1.82, 2.24) is 9.80 Å². The summed E-state index contributed by atoms with van der Waals surface area (Å²) in [6.07, 6.45) is 4.33. The number of amides is 1. The van der Waals surface area contributed by atoms with Crippen LogP contribution in [0, 0.1) is 0 Å². The van der Waals surface area contributed by atoms with E-state index in [1.807, 2.05) is 55.1 Å². The predicted molar refractivity (Wildman–Crippen MR) is 114 cm³/mol. The third-order valence-electron chi connectivity index (χ3n) is 5.57. The van der Waals surface area contributed by atoms with E-state index >= 15 is 0 Å². The van der Waals surface area contributed by atoms with Gasteiger partial charge in [-0.25, -0.2) is 0 Å². The van der Waals surface area contributed by atoms with E-state index in [1.165, 1.54) is 5.70 Å². The summed E-state index contributed by atoms with van der Waals surface area (Å²) < 4.78 is 0. The molecule has 1 aliphatic rings. The number of phenols is 1. The summed E-state index contributed by atoms with van der Waals surface area (Å²) in [7, 11) is 0. The molecule has 0 radical (unpaired) electrons. The van der Waals surface area contributed by atoms with Gasteiger partial charge in [0.2, 0.25) is 0 Å². The van der Waals surface area contributed by atoms with Crippen LogP contribution in [-0.4, -0.2) is 40.4 Å². The number of carbonyl (C=O) groups is 1. The Bertz CT molecular complexity index is 838. The van der Waals surface area contributed by atoms with Crippen molar-refractivity contribution in [3.8, 4) is 5.75 Å². The molecule has 0 aromatic heterocycles. The van der Waals surface area contributed by atoms with Crippen LogP contribution in [-0.2, 0) is 0 Å². The smallest absolute Gasteiger partial charge is 0.253 e. The zero-order valence-corrected chi connectivity index (χ0v) is 17.1. The van der Waals surface area contributed by atoms with E-state index in [9.17, 15) is 9.90 Å². The Kier molecular flexibility index (Phi) is 6.40. The molecule has 1 heterocycles. The minimum Gasteiger partial charge on any atom is -0.508 e. The maximum Gasteiger partial charge on any atom is 0.253 e. The lowest BCUT2D eigenvalue weighted by molar-refractivity contribution is 0.0773. The lowest BCUT2D eigenvalue weighted by Gasteiger charge is -2.30. The molecular formula is C24H30N2O2. The Morgan fingerprint density at radius 3 is 2.43 bits per heavy atom. The molecule has 28 heavy (non-hydrogen) atoms. The fraction of sp³-hybridized carbons (Fsp3) is 0.375. The molecule has 1 N–H and O–H groups in total. The van der Waals surface area contributed by atoms with Gasteiger partial charge in [0.15, 0.2) is 0 Å². The number of hydrogen-bond acceptors (Lipinski definition) is 3. The topological polar surface area (TPSA) is 43.8 Å². The van der Waals surface area contributed by atoms with E-state index in [0.717, 1.165) is 49.2 Å². The van der Waals surface area contributed by atoms with E-state index < -0.39 is 0 Å². The highest BCUT2D eigenvalue weighted by atomic mass is 16.3. The lowest BCUT2D eigenvalue weighted by Crippen LogP contribution is -2.30. The number of rotatable bonds is 6. The van der Waals surface area contributed by atoms with Crippen LogP contribution in [0.5, 0.6) is 5.75 Å². The summed E-state index contributed by atoms with van der Waals surface area (Å²) in [4.78, 5) is 16.8. The van der Waals surface area contributed by atoms with Crippen molar-refractivity contribution < 1.29 is 9.90 Å².